The number of carbonyl (C=O) groups is 2. The van der Waals surface area contributed by atoms with E-state index in [2.05, 4.69) is 20.0 Å². The molecule has 0 saturated carbocycles. The van der Waals surface area contributed by atoms with E-state index >= 15 is 0 Å². The Hall–Kier alpha value is -2.16. The van der Waals surface area contributed by atoms with E-state index in [1.165, 1.54) is 7.11 Å². The Balaban J connectivity index is 3.01. The van der Waals surface area contributed by atoms with Crippen LogP contribution in [0.3, 0.4) is 0 Å². The first-order chi connectivity index (χ1) is 10.3. The van der Waals surface area contributed by atoms with Crippen molar-refractivity contribution >= 4 is 29.1 Å². The minimum Gasteiger partial charge on any atom is -0.461 e. The molecule has 1 aromatic rings. The average Bonchev–Trinajstić information content (AvgIpc) is 2.81. The SMILES string of the molecule is CCOC(=O)C(=NOC)c1csc(=NC(=O)OC(C)(C)C)[nH]1. The third-order valence-electron chi connectivity index (χ3n) is 2.02. The standard InChI is InChI=1S/C13H19N3O5S/c1-6-20-10(17)9(16-19-5)8-7-22-11(14-8)15-12(18)21-13(2,3)4/h7H,6H2,1-5H3,(H,14,15,18). The molecule has 9 heteroatoms. The van der Waals surface area contributed by atoms with E-state index in [0.29, 0.717) is 5.69 Å². The van der Waals surface area contributed by atoms with Crippen molar-refractivity contribution in [2.24, 2.45) is 10.1 Å². The lowest BCUT2D eigenvalue weighted by Gasteiger charge is -2.16. The molecular formula is C13H19N3O5S. The lowest BCUT2D eigenvalue weighted by molar-refractivity contribution is -0.135. The van der Waals surface area contributed by atoms with Crippen LogP contribution < -0.4 is 4.80 Å². The number of thiazole rings is 1. The molecule has 22 heavy (non-hydrogen) atoms. The summed E-state index contributed by atoms with van der Waals surface area (Å²) in [4.78, 5) is 34.9. The zero-order valence-electron chi connectivity index (χ0n) is 13.1. The number of nitrogens with zero attached hydrogens (tertiary/aromatic N) is 2. The van der Waals surface area contributed by atoms with Crippen molar-refractivity contribution in [3.05, 3.63) is 15.9 Å². The van der Waals surface area contributed by atoms with Gasteiger partial charge in [-0.1, -0.05) is 5.16 Å². The molecule has 0 aliphatic rings. The van der Waals surface area contributed by atoms with E-state index < -0.39 is 17.7 Å². The molecule has 1 heterocycles. The van der Waals surface area contributed by atoms with Crippen LogP contribution in [0, 0.1) is 0 Å². The van der Waals surface area contributed by atoms with Crippen LogP contribution in [-0.2, 0) is 19.1 Å². The number of aromatic amines is 1. The molecule has 0 unspecified atom stereocenters. The Kier molecular flexibility index (Phi) is 6.29. The van der Waals surface area contributed by atoms with Gasteiger partial charge in [0.2, 0.25) is 5.71 Å². The van der Waals surface area contributed by atoms with Crippen molar-refractivity contribution in [2.45, 2.75) is 33.3 Å². The molecule has 0 saturated heterocycles. The maximum absolute atomic E-state index is 11.8. The second kappa shape index (κ2) is 7.74. The minimum atomic E-state index is -0.724. The fourth-order valence-corrected chi connectivity index (χ4v) is 2.01. The predicted octanol–water partition coefficient (Wildman–Crippen LogP) is 1.83. The topological polar surface area (TPSA) is 102 Å². The number of rotatable bonds is 4. The number of hydrogen-bond acceptors (Lipinski definition) is 7. The number of esters is 1. The zero-order chi connectivity index (χ0) is 16.8. The van der Waals surface area contributed by atoms with Crippen molar-refractivity contribution in [3.8, 4) is 0 Å². The van der Waals surface area contributed by atoms with Gasteiger partial charge in [0.15, 0.2) is 4.80 Å². The van der Waals surface area contributed by atoms with E-state index in [0.717, 1.165) is 11.3 Å². The Bertz CT molecular complexity index is 624. The monoisotopic (exact) mass is 329 g/mol. The second-order valence-electron chi connectivity index (χ2n) is 5.01. The number of ether oxygens (including phenoxy) is 2. The first-order valence-corrected chi connectivity index (χ1v) is 7.39. The van der Waals surface area contributed by atoms with Crippen LogP contribution in [-0.4, -0.2) is 42.1 Å². The summed E-state index contributed by atoms with van der Waals surface area (Å²) in [5, 5.41) is 5.21. The molecule has 0 aliphatic heterocycles. The highest BCUT2D eigenvalue weighted by Crippen LogP contribution is 2.08. The maximum Gasteiger partial charge on any atom is 0.436 e. The van der Waals surface area contributed by atoms with E-state index in [-0.39, 0.29) is 17.1 Å². The lowest BCUT2D eigenvalue weighted by Crippen LogP contribution is -2.23. The quantitative estimate of drug-likeness (QED) is 0.516. The molecule has 1 N–H and O–H groups in total. The van der Waals surface area contributed by atoms with E-state index in [1.807, 2.05) is 0 Å². The molecule has 122 valence electrons. The summed E-state index contributed by atoms with van der Waals surface area (Å²) in [6.07, 6.45) is -0.724. The van der Waals surface area contributed by atoms with Gasteiger partial charge in [0.25, 0.3) is 0 Å². The van der Waals surface area contributed by atoms with Crippen LogP contribution in [0.5, 0.6) is 0 Å². The van der Waals surface area contributed by atoms with Crippen LogP contribution in [0.25, 0.3) is 0 Å². The van der Waals surface area contributed by atoms with Gasteiger partial charge in [-0.25, -0.2) is 9.59 Å². The Morgan fingerprint density at radius 1 is 1.36 bits per heavy atom. The van der Waals surface area contributed by atoms with Crippen LogP contribution in [0.4, 0.5) is 4.79 Å². The van der Waals surface area contributed by atoms with Crippen molar-refractivity contribution in [2.75, 3.05) is 13.7 Å². The molecule has 0 spiro atoms. The van der Waals surface area contributed by atoms with Crippen LogP contribution >= 0.6 is 11.3 Å². The first kappa shape index (κ1) is 17.9. The molecular weight excluding hydrogens is 310 g/mol. The number of amides is 1. The molecule has 1 amide bonds. The molecule has 0 atom stereocenters. The lowest BCUT2D eigenvalue weighted by atomic mass is 10.2. The Morgan fingerprint density at radius 3 is 2.59 bits per heavy atom. The number of aromatic nitrogens is 1. The fraction of sp³-hybridized carbons (Fsp3) is 0.538. The van der Waals surface area contributed by atoms with Gasteiger partial charge >= 0.3 is 12.1 Å². The normalized spacial score (nSPS) is 13.0. The minimum absolute atomic E-state index is 0.0359. The molecule has 0 radical (unpaired) electrons. The summed E-state index contributed by atoms with van der Waals surface area (Å²) in [6.45, 7) is 7.13. The van der Waals surface area contributed by atoms with E-state index in [9.17, 15) is 9.59 Å². The summed E-state index contributed by atoms with van der Waals surface area (Å²) in [5.41, 5.74) is -0.326. The number of H-pyrrole nitrogens is 1. The largest absolute Gasteiger partial charge is 0.461 e. The smallest absolute Gasteiger partial charge is 0.436 e. The number of carbonyl (C=O) groups excluding carboxylic acids is 2. The Labute approximate surface area is 131 Å². The van der Waals surface area contributed by atoms with Crippen LogP contribution in [0.1, 0.15) is 33.4 Å². The maximum atomic E-state index is 11.8. The summed E-state index contributed by atoms with van der Waals surface area (Å²) < 4.78 is 9.96. The molecule has 8 nitrogen and oxygen atoms in total. The second-order valence-corrected chi connectivity index (χ2v) is 5.87. The highest BCUT2D eigenvalue weighted by atomic mass is 32.1. The molecule has 0 aromatic carbocycles. The summed E-state index contributed by atoms with van der Waals surface area (Å²) in [6, 6.07) is 0. The van der Waals surface area contributed by atoms with Crippen molar-refractivity contribution in [1.29, 1.82) is 0 Å². The fourth-order valence-electron chi connectivity index (χ4n) is 1.31. The predicted molar refractivity (Wildman–Crippen MR) is 80.6 cm³/mol. The van der Waals surface area contributed by atoms with E-state index in [4.69, 9.17) is 9.47 Å². The van der Waals surface area contributed by atoms with Crippen molar-refractivity contribution in [1.82, 2.24) is 4.98 Å². The highest BCUT2D eigenvalue weighted by molar-refractivity contribution is 7.07. The molecule has 0 bridgehead atoms. The van der Waals surface area contributed by atoms with Gasteiger partial charge in [0.1, 0.15) is 12.7 Å². The van der Waals surface area contributed by atoms with Crippen LogP contribution in [0.15, 0.2) is 15.5 Å². The van der Waals surface area contributed by atoms with Gasteiger partial charge in [-0.3, -0.25) is 0 Å². The molecule has 0 aliphatic carbocycles. The highest BCUT2D eigenvalue weighted by Gasteiger charge is 2.19. The molecule has 1 rings (SSSR count). The van der Waals surface area contributed by atoms with E-state index in [1.54, 1.807) is 33.1 Å². The zero-order valence-corrected chi connectivity index (χ0v) is 13.9. The van der Waals surface area contributed by atoms with Crippen molar-refractivity contribution < 1.29 is 23.9 Å². The summed E-state index contributed by atoms with van der Waals surface area (Å²) >= 11 is 1.13. The third kappa shape index (κ3) is 5.68. The van der Waals surface area contributed by atoms with Gasteiger partial charge < -0.3 is 19.3 Å². The average molecular weight is 329 g/mol. The third-order valence-corrected chi connectivity index (χ3v) is 2.79. The van der Waals surface area contributed by atoms with Crippen LogP contribution in [0.2, 0.25) is 0 Å². The van der Waals surface area contributed by atoms with Gasteiger partial charge in [-0.15, -0.1) is 16.3 Å². The van der Waals surface area contributed by atoms with Gasteiger partial charge in [-0.05, 0) is 27.7 Å². The number of nitrogens with one attached hydrogen (secondary N) is 1. The summed E-state index contributed by atoms with van der Waals surface area (Å²) in [5.74, 6) is -0.637. The van der Waals surface area contributed by atoms with Gasteiger partial charge in [0.05, 0.1) is 12.3 Å². The Morgan fingerprint density at radius 2 is 2.05 bits per heavy atom. The van der Waals surface area contributed by atoms with Gasteiger partial charge in [-0.2, -0.15) is 0 Å². The molecule has 1 aromatic heterocycles. The number of oxime groups is 1. The van der Waals surface area contributed by atoms with Gasteiger partial charge in [0, 0.05) is 5.38 Å². The van der Waals surface area contributed by atoms with Crippen molar-refractivity contribution in [3.63, 3.8) is 0 Å². The molecule has 0 fully saturated rings. The first-order valence-electron chi connectivity index (χ1n) is 6.51. The summed E-state index contributed by atoms with van der Waals surface area (Å²) in [7, 11) is 1.32. The number of hydrogen-bond donors (Lipinski definition) is 1.